The van der Waals surface area contributed by atoms with Crippen LogP contribution in [0.3, 0.4) is 0 Å². The van der Waals surface area contributed by atoms with Gasteiger partial charge in [0.2, 0.25) is 0 Å². The Hall–Kier alpha value is -3.17. The molecule has 6 heteroatoms. The van der Waals surface area contributed by atoms with E-state index in [1.807, 2.05) is 38.1 Å². The molecule has 6 nitrogen and oxygen atoms in total. The van der Waals surface area contributed by atoms with E-state index < -0.39 is 0 Å². The molecule has 0 unspecified atom stereocenters. The Bertz CT molecular complexity index is 958. The molecule has 2 aromatic carbocycles. The molecule has 1 aliphatic rings. The zero-order chi connectivity index (χ0) is 20.3. The van der Waals surface area contributed by atoms with E-state index in [0.717, 1.165) is 28.0 Å². The van der Waals surface area contributed by atoms with Crippen molar-refractivity contribution in [2.75, 3.05) is 20.3 Å². The number of oxime groups is 1. The molecular formula is C22H23N3O3. The fourth-order valence-corrected chi connectivity index (χ4v) is 3.58. The van der Waals surface area contributed by atoms with Crippen molar-refractivity contribution in [2.45, 2.75) is 26.3 Å². The zero-order valence-corrected chi connectivity index (χ0v) is 16.3. The number of carbonyl (C=O) groups excluding carboxylic acids is 1. The van der Waals surface area contributed by atoms with Crippen LogP contribution in [0.1, 0.15) is 33.5 Å². The van der Waals surface area contributed by atoms with Crippen LogP contribution in [0, 0.1) is 25.2 Å². The van der Waals surface area contributed by atoms with Crippen molar-refractivity contribution < 1.29 is 14.7 Å². The molecule has 28 heavy (non-hydrogen) atoms. The summed E-state index contributed by atoms with van der Waals surface area (Å²) in [6, 6.07) is 13.1. The number of benzene rings is 2. The van der Waals surface area contributed by atoms with Crippen molar-refractivity contribution in [2.24, 2.45) is 5.16 Å². The third kappa shape index (κ3) is 3.62. The van der Waals surface area contributed by atoms with E-state index in [1.165, 1.54) is 7.11 Å². The van der Waals surface area contributed by atoms with Gasteiger partial charge in [0.15, 0.2) is 0 Å². The molecule has 2 aromatic rings. The van der Waals surface area contributed by atoms with Crippen LogP contribution in [-0.2, 0) is 4.84 Å². The molecule has 1 saturated heterocycles. The van der Waals surface area contributed by atoms with E-state index in [-0.39, 0.29) is 18.6 Å². The van der Waals surface area contributed by atoms with Gasteiger partial charge in [0.05, 0.1) is 36.5 Å². The van der Waals surface area contributed by atoms with E-state index in [0.29, 0.717) is 24.1 Å². The Morgan fingerprint density at radius 3 is 2.57 bits per heavy atom. The quantitative estimate of drug-likeness (QED) is 0.830. The maximum Gasteiger partial charge on any atom is 0.254 e. The third-order valence-corrected chi connectivity index (χ3v) is 5.31. The minimum absolute atomic E-state index is 0.115. The Morgan fingerprint density at radius 1 is 1.25 bits per heavy atom. The van der Waals surface area contributed by atoms with Crippen LogP contribution in [0.2, 0.25) is 0 Å². The summed E-state index contributed by atoms with van der Waals surface area (Å²) in [6.07, 6.45) is 0.512. The third-order valence-electron chi connectivity index (χ3n) is 5.31. The van der Waals surface area contributed by atoms with Gasteiger partial charge in [-0.05, 0) is 54.3 Å². The minimum atomic E-state index is -0.288. The van der Waals surface area contributed by atoms with Crippen LogP contribution in [0.15, 0.2) is 41.6 Å². The molecule has 144 valence electrons. The van der Waals surface area contributed by atoms with Crippen molar-refractivity contribution in [3.8, 4) is 17.2 Å². The van der Waals surface area contributed by atoms with E-state index in [1.54, 1.807) is 17.0 Å². The molecule has 1 fully saturated rings. The van der Waals surface area contributed by atoms with Crippen molar-refractivity contribution >= 4 is 11.6 Å². The summed E-state index contributed by atoms with van der Waals surface area (Å²) in [5.74, 6) is -0.139. The highest BCUT2D eigenvalue weighted by atomic mass is 16.6. The summed E-state index contributed by atoms with van der Waals surface area (Å²) >= 11 is 0. The van der Waals surface area contributed by atoms with Gasteiger partial charge in [0.25, 0.3) is 5.91 Å². The molecule has 3 rings (SSSR count). The summed E-state index contributed by atoms with van der Waals surface area (Å²) in [6.45, 7) is 4.18. The predicted molar refractivity (Wildman–Crippen MR) is 107 cm³/mol. The number of nitrogens with zero attached hydrogens (tertiary/aromatic N) is 3. The first-order valence-corrected chi connectivity index (χ1v) is 9.11. The Morgan fingerprint density at radius 2 is 1.96 bits per heavy atom. The number of likely N-dealkylation sites (tertiary alicyclic amines) is 1. The number of nitriles is 1. The number of carbonyl (C=O) groups is 1. The van der Waals surface area contributed by atoms with Crippen LogP contribution < -0.4 is 0 Å². The molecule has 1 amide bonds. The molecule has 1 aliphatic heterocycles. The lowest BCUT2D eigenvalue weighted by atomic mass is 9.93. The van der Waals surface area contributed by atoms with Crippen molar-refractivity contribution in [3.05, 3.63) is 58.7 Å². The second-order valence-electron chi connectivity index (χ2n) is 6.91. The lowest BCUT2D eigenvalue weighted by Crippen LogP contribution is -2.37. The summed E-state index contributed by atoms with van der Waals surface area (Å²) in [7, 11) is 1.47. The van der Waals surface area contributed by atoms with Gasteiger partial charge in [-0.1, -0.05) is 23.4 Å². The first-order valence-electron chi connectivity index (χ1n) is 9.11. The Kier molecular flexibility index (Phi) is 5.76. The topological polar surface area (TPSA) is 85.9 Å². The smallest absolute Gasteiger partial charge is 0.254 e. The lowest BCUT2D eigenvalue weighted by molar-refractivity contribution is 0.0680. The zero-order valence-electron chi connectivity index (χ0n) is 16.3. The highest BCUT2D eigenvalue weighted by Gasteiger charge is 2.33. The van der Waals surface area contributed by atoms with Crippen LogP contribution in [0.5, 0.6) is 0 Å². The van der Waals surface area contributed by atoms with Crippen molar-refractivity contribution in [3.63, 3.8) is 0 Å². The fourth-order valence-electron chi connectivity index (χ4n) is 3.58. The van der Waals surface area contributed by atoms with Crippen LogP contribution in [0.25, 0.3) is 11.1 Å². The van der Waals surface area contributed by atoms with E-state index in [4.69, 9.17) is 4.84 Å². The number of amides is 1. The van der Waals surface area contributed by atoms with E-state index in [9.17, 15) is 15.2 Å². The Balaban J connectivity index is 1.85. The number of aliphatic hydroxyl groups excluding tert-OH is 1. The molecule has 1 atom stereocenters. The maximum atomic E-state index is 12.9. The molecule has 0 radical (unpaired) electrons. The minimum Gasteiger partial charge on any atom is -0.399 e. The second-order valence-corrected chi connectivity index (χ2v) is 6.91. The molecule has 1 heterocycles. The van der Waals surface area contributed by atoms with Crippen LogP contribution in [-0.4, -0.2) is 47.9 Å². The van der Waals surface area contributed by atoms with Crippen molar-refractivity contribution in [1.29, 1.82) is 5.26 Å². The summed E-state index contributed by atoms with van der Waals surface area (Å²) in [5, 5.41) is 22.7. The van der Waals surface area contributed by atoms with Gasteiger partial charge in [-0.15, -0.1) is 0 Å². The number of rotatable bonds is 4. The van der Waals surface area contributed by atoms with Gasteiger partial charge >= 0.3 is 0 Å². The number of aliphatic hydroxyl groups is 1. The lowest BCUT2D eigenvalue weighted by Gasteiger charge is -2.22. The normalized spacial score (nSPS) is 17.6. The predicted octanol–water partition coefficient (Wildman–Crippen LogP) is 3.05. The largest absolute Gasteiger partial charge is 0.399 e. The van der Waals surface area contributed by atoms with Gasteiger partial charge in [-0.25, -0.2) is 0 Å². The number of hydrogen-bond donors (Lipinski definition) is 1. The fraction of sp³-hybridized carbons (Fsp3) is 0.318. The first kappa shape index (κ1) is 19.6. The number of hydrogen-bond acceptors (Lipinski definition) is 5. The first-order chi connectivity index (χ1) is 13.5. The van der Waals surface area contributed by atoms with Gasteiger partial charge < -0.3 is 14.8 Å². The molecule has 0 bridgehead atoms. The summed E-state index contributed by atoms with van der Waals surface area (Å²) < 4.78 is 0. The average molecular weight is 377 g/mol. The molecule has 0 spiro atoms. The maximum absolute atomic E-state index is 12.9. The molecule has 0 aliphatic carbocycles. The van der Waals surface area contributed by atoms with Crippen LogP contribution >= 0.6 is 0 Å². The molecule has 0 saturated carbocycles. The molecular weight excluding hydrogens is 354 g/mol. The standard InChI is InChI=1S/C22H23N3O3/c1-14-15(2)21(9-8-18(14)11-23)16-4-6-17(7-5-16)22(27)25-12-19(24-28-3)10-20(25)13-26/h4-9,20,26H,10,12-13H2,1-3H3/b24-19-/t20-/m0/s1. The van der Waals surface area contributed by atoms with Gasteiger partial charge in [-0.3, -0.25) is 4.79 Å². The van der Waals surface area contributed by atoms with Crippen LogP contribution in [0.4, 0.5) is 0 Å². The highest BCUT2D eigenvalue weighted by molar-refractivity contribution is 6.00. The van der Waals surface area contributed by atoms with Gasteiger partial charge in [0.1, 0.15) is 7.11 Å². The second kappa shape index (κ2) is 8.24. The molecule has 1 N–H and O–H groups in total. The van der Waals surface area contributed by atoms with E-state index >= 15 is 0 Å². The Labute approximate surface area is 164 Å². The van der Waals surface area contributed by atoms with Gasteiger partial charge in [0, 0.05) is 12.0 Å². The summed E-state index contributed by atoms with van der Waals surface area (Å²) in [5.41, 5.74) is 6.03. The van der Waals surface area contributed by atoms with Crippen molar-refractivity contribution in [1.82, 2.24) is 4.90 Å². The molecule has 0 aromatic heterocycles. The van der Waals surface area contributed by atoms with Gasteiger partial charge in [-0.2, -0.15) is 5.26 Å². The highest BCUT2D eigenvalue weighted by Crippen LogP contribution is 2.28. The van der Waals surface area contributed by atoms with E-state index in [2.05, 4.69) is 11.2 Å². The monoisotopic (exact) mass is 377 g/mol. The SMILES string of the molecule is CO/N=C1/C[C@@H](CO)N(C(=O)c2ccc(-c3ccc(C#N)c(C)c3C)cc2)C1. The average Bonchev–Trinajstić information content (AvgIpc) is 3.13. The summed E-state index contributed by atoms with van der Waals surface area (Å²) in [4.78, 5) is 19.3.